The Kier molecular flexibility index (Phi) is 9.34. The number of methoxy groups -OCH3 is 1. The van der Waals surface area contributed by atoms with Crippen molar-refractivity contribution in [3.63, 3.8) is 0 Å². The van der Waals surface area contributed by atoms with E-state index in [9.17, 15) is 13.6 Å². The smallest absolute Gasteiger partial charge is 0.387 e. The van der Waals surface area contributed by atoms with Gasteiger partial charge in [-0.25, -0.2) is 0 Å². The third-order valence-corrected chi connectivity index (χ3v) is 4.74. The maximum absolute atomic E-state index is 12.7. The zero-order valence-corrected chi connectivity index (χ0v) is 19.5. The molecule has 1 fully saturated rings. The molecule has 0 bridgehead atoms. The molecule has 1 aromatic carbocycles. The molecule has 0 radical (unpaired) electrons. The van der Waals surface area contributed by atoms with Gasteiger partial charge in [0, 0.05) is 51.4 Å². The predicted molar refractivity (Wildman–Crippen MR) is 121 cm³/mol. The largest absolute Gasteiger partial charge is 0.497 e. The lowest BCUT2D eigenvalue weighted by atomic mass is 10.2. The summed E-state index contributed by atoms with van der Waals surface area (Å²) >= 11 is 0. The van der Waals surface area contributed by atoms with Gasteiger partial charge in [-0.05, 0) is 24.3 Å². The second-order valence-corrected chi connectivity index (χ2v) is 6.51. The molecule has 0 spiro atoms. The Bertz CT molecular complexity index is 872. The molecule has 1 saturated heterocycles. The summed E-state index contributed by atoms with van der Waals surface area (Å²) in [5, 5.41) is 3.17. The molecule has 31 heavy (non-hydrogen) atoms. The number of amides is 1. The number of nitrogens with zero attached hydrogens (tertiary/aromatic N) is 3. The van der Waals surface area contributed by atoms with E-state index in [1.54, 1.807) is 36.2 Å². The Hall–Kier alpha value is -2.57. The van der Waals surface area contributed by atoms with E-state index >= 15 is 0 Å². The topological polar surface area (TPSA) is 79.5 Å². The van der Waals surface area contributed by atoms with E-state index in [1.165, 1.54) is 19.4 Å². The second-order valence-electron chi connectivity index (χ2n) is 6.51. The van der Waals surface area contributed by atoms with Gasteiger partial charge in [-0.1, -0.05) is 0 Å². The minimum absolute atomic E-state index is 0. The number of piperazine rings is 1. The van der Waals surface area contributed by atoms with Crippen LogP contribution in [0.4, 0.5) is 8.78 Å². The number of hydrogen-bond acceptors (Lipinski definition) is 5. The lowest BCUT2D eigenvalue weighted by molar-refractivity contribution is -0.0505. The molecule has 0 saturated carbocycles. The van der Waals surface area contributed by atoms with Gasteiger partial charge in [-0.3, -0.25) is 9.79 Å². The van der Waals surface area contributed by atoms with E-state index in [0.717, 1.165) is 0 Å². The van der Waals surface area contributed by atoms with Gasteiger partial charge >= 0.3 is 6.61 Å². The fourth-order valence-corrected chi connectivity index (χ4v) is 3.20. The molecule has 1 N–H and O–H groups in total. The maximum Gasteiger partial charge on any atom is 0.387 e. The van der Waals surface area contributed by atoms with Gasteiger partial charge in [0.25, 0.3) is 5.91 Å². The van der Waals surface area contributed by atoms with Gasteiger partial charge in [0.05, 0.1) is 13.4 Å². The monoisotopic (exact) mass is 550 g/mol. The van der Waals surface area contributed by atoms with E-state index in [-0.39, 0.29) is 42.2 Å². The first-order valence-corrected chi connectivity index (χ1v) is 9.42. The van der Waals surface area contributed by atoms with Crippen molar-refractivity contribution < 1.29 is 27.5 Å². The van der Waals surface area contributed by atoms with Crippen LogP contribution in [0.2, 0.25) is 0 Å². The number of hydrogen-bond donors (Lipinski definition) is 1. The molecule has 0 unspecified atom stereocenters. The molecule has 2 aromatic rings. The van der Waals surface area contributed by atoms with Crippen molar-refractivity contribution in [2.24, 2.45) is 4.99 Å². The predicted octanol–water partition coefficient (Wildman–Crippen LogP) is 3.04. The number of benzene rings is 1. The van der Waals surface area contributed by atoms with Crippen molar-refractivity contribution in [1.29, 1.82) is 0 Å². The maximum atomic E-state index is 12.7. The molecule has 2 heterocycles. The molecule has 1 aliphatic heterocycles. The summed E-state index contributed by atoms with van der Waals surface area (Å²) < 4.78 is 40.3. The molecular weight excluding hydrogens is 525 g/mol. The molecule has 170 valence electrons. The number of ether oxygens (including phenoxy) is 2. The SMILES string of the molecule is CN=C(NCc1ccc(OC)cc1OC(F)F)N1CCN(C(=O)c2ccco2)CC1.I. The van der Waals surface area contributed by atoms with Crippen LogP contribution in [0, 0.1) is 0 Å². The summed E-state index contributed by atoms with van der Waals surface area (Å²) in [4.78, 5) is 20.4. The molecule has 0 aliphatic carbocycles. The van der Waals surface area contributed by atoms with Crippen LogP contribution < -0.4 is 14.8 Å². The summed E-state index contributed by atoms with van der Waals surface area (Å²) in [6.07, 6.45) is 1.47. The van der Waals surface area contributed by atoms with Gasteiger partial charge in [0.1, 0.15) is 11.5 Å². The third kappa shape index (κ3) is 6.45. The molecule has 1 aliphatic rings. The summed E-state index contributed by atoms with van der Waals surface area (Å²) in [6, 6.07) is 8.09. The highest BCUT2D eigenvalue weighted by Gasteiger charge is 2.25. The highest BCUT2D eigenvalue weighted by atomic mass is 127. The van der Waals surface area contributed by atoms with E-state index in [4.69, 9.17) is 9.15 Å². The Morgan fingerprint density at radius 2 is 1.94 bits per heavy atom. The number of halogens is 3. The summed E-state index contributed by atoms with van der Waals surface area (Å²) in [5.41, 5.74) is 0.545. The van der Waals surface area contributed by atoms with Crippen LogP contribution in [0.25, 0.3) is 0 Å². The minimum Gasteiger partial charge on any atom is -0.497 e. The molecule has 11 heteroatoms. The van der Waals surface area contributed by atoms with Gasteiger partial charge < -0.3 is 29.0 Å². The van der Waals surface area contributed by atoms with Crippen LogP contribution in [0.5, 0.6) is 11.5 Å². The highest BCUT2D eigenvalue weighted by Crippen LogP contribution is 2.26. The van der Waals surface area contributed by atoms with Crippen LogP contribution in [0.15, 0.2) is 46.0 Å². The molecule has 8 nitrogen and oxygen atoms in total. The van der Waals surface area contributed by atoms with Crippen molar-refractivity contribution >= 4 is 35.8 Å². The van der Waals surface area contributed by atoms with Crippen molar-refractivity contribution in [2.75, 3.05) is 40.3 Å². The average molecular weight is 550 g/mol. The molecule has 3 rings (SSSR count). The zero-order valence-electron chi connectivity index (χ0n) is 17.2. The lowest BCUT2D eigenvalue weighted by Gasteiger charge is -2.36. The van der Waals surface area contributed by atoms with Crippen molar-refractivity contribution in [2.45, 2.75) is 13.2 Å². The molecule has 1 amide bonds. The van der Waals surface area contributed by atoms with E-state index < -0.39 is 6.61 Å². The number of alkyl halides is 2. The first-order valence-electron chi connectivity index (χ1n) is 9.42. The fraction of sp³-hybridized carbons (Fsp3) is 0.400. The zero-order chi connectivity index (χ0) is 21.5. The van der Waals surface area contributed by atoms with Crippen molar-refractivity contribution in [3.05, 3.63) is 47.9 Å². The number of rotatable bonds is 6. The molecule has 1 aromatic heterocycles. The Labute approximate surface area is 196 Å². The van der Waals surface area contributed by atoms with E-state index in [1.807, 2.05) is 4.90 Å². The highest BCUT2D eigenvalue weighted by molar-refractivity contribution is 14.0. The first-order chi connectivity index (χ1) is 14.5. The van der Waals surface area contributed by atoms with Crippen molar-refractivity contribution in [3.8, 4) is 11.5 Å². The minimum atomic E-state index is -2.94. The number of carbonyl (C=O) groups is 1. The summed E-state index contributed by atoms with van der Waals surface area (Å²) in [7, 11) is 3.10. The number of nitrogens with one attached hydrogen (secondary N) is 1. The Morgan fingerprint density at radius 1 is 1.23 bits per heavy atom. The van der Waals surface area contributed by atoms with Crippen LogP contribution in [0.3, 0.4) is 0 Å². The molecule has 0 atom stereocenters. The standard InChI is InChI=1S/C20H24F2N4O4.HI/c1-23-20(24-13-14-5-6-15(28-2)12-17(14)30-19(21)22)26-9-7-25(8-10-26)18(27)16-4-3-11-29-16;/h3-6,11-12,19H,7-10,13H2,1-2H3,(H,23,24);1H. The number of carbonyl (C=O) groups excluding carboxylic acids is 1. The van der Waals surface area contributed by atoms with Crippen LogP contribution in [0.1, 0.15) is 16.1 Å². The van der Waals surface area contributed by atoms with Gasteiger partial charge in [-0.2, -0.15) is 8.78 Å². The van der Waals surface area contributed by atoms with Gasteiger partial charge in [0.15, 0.2) is 11.7 Å². The summed E-state index contributed by atoms with van der Waals surface area (Å²) in [6.45, 7) is -0.505. The summed E-state index contributed by atoms with van der Waals surface area (Å²) in [5.74, 6) is 1.25. The normalized spacial score (nSPS) is 14.3. The number of aliphatic imine (C=N–C) groups is 1. The number of guanidine groups is 1. The molecular formula is C20H25F2IN4O4. The Morgan fingerprint density at radius 3 is 2.52 bits per heavy atom. The van der Waals surface area contributed by atoms with Gasteiger partial charge in [-0.15, -0.1) is 24.0 Å². The van der Waals surface area contributed by atoms with E-state index in [0.29, 0.717) is 49.2 Å². The fourth-order valence-electron chi connectivity index (χ4n) is 3.20. The first kappa shape index (κ1) is 24.7. The lowest BCUT2D eigenvalue weighted by Crippen LogP contribution is -2.53. The quantitative estimate of drug-likeness (QED) is 0.339. The van der Waals surface area contributed by atoms with E-state index in [2.05, 4.69) is 15.0 Å². The Balaban J connectivity index is 0.00000341. The number of furan rings is 1. The van der Waals surface area contributed by atoms with Crippen LogP contribution in [-0.2, 0) is 6.54 Å². The van der Waals surface area contributed by atoms with Crippen LogP contribution in [-0.4, -0.2) is 68.6 Å². The third-order valence-electron chi connectivity index (χ3n) is 4.74. The van der Waals surface area contributed by atoms with Gasteiger partial charge in [0.2, 0.25) is 0 Å². The van der Waals surface area contributed by atoms with Crippen molar-refractivity contribution in [1.82, 2.24) is 15.1 Å². The second kappa shape index (κ2) is 11.7. The van der Waals surface area contributed by atoms with Crippen LogP contribution >= 0.6 is 24.0 Å². The average Bonchev–Trinajstić information content (AvgIpc) is 3.29.